The summed E-state index contributed by atoms with van der Waals surface area (Å²) in [6.07, 6.45) is 1.62. The lowest BCUT2D eigenvalue weighted by molar-refractivity contribution is 0.299. The number of aromatic amines is 1. The first-order valence-electron chi connectivity index (χ1n) is 5.12. The number of nitrogens with one attached hydrogen (secondary N) is 1. The molecule has 0 amide bonds. The Morgan fingerprint density at radius 2 is 1.94 bits per heavy atom. The number of ether oxygens (including phenoxy) is 1. The highest BCUT2D eigenvalue weighted by Gasteiger charge is 2.04. The molecule has 3 heteroatoms. The molecule has 0 bridgehead atoms. The number of hydrogen-bond acceptors (Lipinski definition) is 2. The van der Waals surface area contributed by atoms with Crippen LogP contribution in [0.1, 0.15) is 11.1 Å². The lowest BCUT2D eigenvalue weighted by Crippen LogP contribution is -2.11. The van der Waals surface area contributed by atoms with Crippen molar-refractivity contribution in [2.45, 2.75) is 13.5 Å². The minimum atomic E-state index is -0.184. The highest BCUT2D eigenvalue weighted by Crippen LogP contribution is 2.11. The Morgan fingerprint density at radius 1 is 1.19 bits per heavy atom. The van der Waals surface area contributed by atoms with Gasteiger partial charge in [-0.2, -0.15) is 0 Å². The second-order valence-electron chi connectivity index (χ2n) is 3.59. The van der Waals surface area contributed by atoms with Gasteiger partial charge in [-0.25, -0.2) is 0 Å². The van der Waals surface area contributed by atoms with Crippen LogP contribution in [-0.4, -0.2) is 4.98 Å². The first kappa shape index (κ1) is 10.5. The van der Waals surface area contributed by atoms with Crippen LogP contribution in [0, 0.1) is 6.92 Å². The van der Waals surface area contributed by atoms with E-state index in [2.05, 4.69) is 4.98 Å². The Morgan fingerprint density at radius 3 is 2.62 bits per heavy atom. The van der Waals surface area contributed by atoms with Crippen LogP contribution in [0.15, 0.2) is 47.4 Å². The molecule has 0 spiro atoms. The average Bonchev–Trinajstić information content (AvgIpc) is 2.30. The fourth-order valence-corrected chi connectivity index (χ4v) is 1.47. The first-order chi connectivity index (χ1) is 7.77. The van der Waals surface area contributed by atoms with E-state index in [1.54, 1.807) is 6.20 Å². The van der Waals surface area contributed by atoms with Gasteiger partial charge in [-0.3, -0.25) is 4.79 Å². The average molecular weight is 215 g/mol. The van der Waals surface area contributed by atoms with E-state index in [9.17, 15) is 4.79 Å². The fourth-order valence-electron chi connectivity index (χ4n) is 1.47. The SMILES string of the molecule is Cc1cc[nH]c(=O)c1OCc1ccccc1. The highest BCUT2D eigenvalue weighted by atomic mass is 16.5. The minimum Gasteiger partial charge on any atom is -0.483 e. The summed E-state index contributed by atoms with van der Waals surface area (Å²) in [7, 11) is 0. The van der Waals surface area contributed by atoms with E-state index in [0.717, 1.165) is 11.1 Å². The molecule has 0 aliphatic rings. The lowest BCUT2D eigenvalue weighted by Gasteiger charge is -2.07. The van der Waals surface area contributed by atoms with Crippen molar-refractivity contribution >= 4 is 0 Å². The van der Waals surface area contributed by atoms with Gasteiger partial charge in [0.1, 0.15) is 6.61 Å². The molecule has 0 saturated heterocycles. The van der Waals surface area contributed by atoms with Crippen LogP contribution >= 0.6 is 0 Å². The van der Waals surface area contributed by atoms with Gasteiger partial charge in [0, 0.05) is 6.20 Å². The van der Waals surface area contributed by atoms with Crippen LogP contribution in [0.4, 0.5) is 0 Å². The van der Waals surface area contributed by atoms with Crippen molar-refractivity contribution in [3.8, 4) is 5.75 Å². The molecule has 1 aromatic heterocycles. The summed E-state index contributed by atoms with van der Waals surface area (Å²) in [6, 6.07) is 11.6. The van der Waals surface area contributed by atoms with Gasteiger partial charge in [-0.1, -0.05) is 30.3 Å². The number of benzene rings is 1. The predicted octanol–water partition coefficient (Wildman–Crippen LogP) is 2.26. The van der Waals surface area contributed by atoms with Crippen molar-refractivity contribution in [2.24, 2.45) is 0 Å². The van der Waals surface area contributed by atoms with Crippen molar-refractivity contribution in [1.29, 1.82) is 0 Å². The van der Waals surface area contributed by atoms with Crippen LogP contribution in [0.5, 0.6) is 5.75 Å². The summed E-state index contributed by atoms with van der Waals surface area (Å²) < 4.78 is 5.51. The van der Waals surface area contributed by atoms with Gasteiger partial charge in [0.05, 0.1) is 0 Å². The zero-order valence-electron chi connectivity index (χ0n) is 9.07. The van der Waals surface area contributed by atoms with E-state index in [1.807, 2.05) is 43.3 Å². The molecule has 2 rings (SSSR count). The molecule has 16 heavy (non-hydrogen) atoms. The summed E-state index contributed by atoms with van der Waals surface area (Å²) >= 11 is 0. The maximum Gasteiger partial charge on any atom is 0.290 e. The molecule has 0 aliphatic carbocycles. The monoisotopic (exact) mass is 215 g/mol. The van der Waals surface area contributed by atoms with Gasteiger partial charge in [0.2, 0.25) is 0 Å². The molecule has 82 valence electrons. The standard InChI is InChI=1S/C13H13NO2/c1-10-7-8-14-13(15)12(10)16-9-11-5-3-2-4-6-11/h2-8H,9H2,1H3,(H,14,15). The first-order valence-corrected chi connectivity index (χ1v) is 5.12. The van der Waals surface area contributed by atoms with E-state index in [1.165, 1.54) is 0 Å². The van der Waals surface area contributed by atoms with Gasteiger partial charge < -0.3 is 9.72 Å². The number of hydrogen-bond donors (Lipinski definition) is 1. The molecular weight excluding hydrogens is 202 g/mol. The Hall–Kier alpha value is -2.03. The summed E-state index contributed by atoms with van der Waals surface area (Å²) in [5.41, 5.74) is 1.71. The molecule has 2 aromatic rings. The second-order valence-corrected chi connectivity index (χ2v) is 3.59. The van der Waals surface area contributed by atoms with Crippen molar-refractivity contribution in [1.82, 2.24) is 4.98 Å². The fraction of sp³-hybridized carbons (Fsp3) is 0.154. The van der Waals surface area contributed by atoms with Crippen LogP contribution in [0.3, 0.4) is 0 Å². The van der Waals surface area contributed by atoms with Crippen molar-refractivity contribution < 1.29 is 4.74 Å². The molecular formula is C13H13NO2. The number of aryl methyl sites for hydroxylation is 1. The van der Waals surface area contributed by atoms with Crippen LogP contribution in [0.25, 0.3) is 0 Å². The Balaban J connectivity index is 2.14. The van der Waals surface area contributed by atoms with Crippen LogP contribution in [-0.2, 0) is 6.61 Å². The van der Waals surface area contributed by atoms with Crippen molar-refractivity contribution in [3.63, 3.8) is 0 Å². The molecule has 0 fully saturated rings. The van der Waals surface area contributed by atoms with Crippen molar-refractivity contribution in [2.75, 3.05) is 0 Å². The van der Waals surface area contributed by atoms with Gasteiger partial charge in [0.15, 0.2) is 5.75 Å². The molecule has 0 saturated carbocycles. The second kappa shape index (κ2) is 4.66. The normalized spacial score (nSPS) is 10.1. The zero-order chi connectivity index (χ0) is 11.4. The van der Waals surface area contributed by atoms with Gasteiger partial charge in [0.25, 0.3) is 5.56 Å². The molecule has 0 aliphatic heterocycles. The summed E-state index contributed by atoms with van der Waals surface area (Å²) in [4.78, 5) is 14.1. The van der Waals surface area contributed by atoms with Crippen molar-refractivity contribution in [3.05, 3.63) is 64.1 Å². The van der Waals surface area contributed by atoms with Gasteiger partial charge in [-0.05, 0) is 24.1 Å². The molecule has 1 heterocycles. The third-order valence-corrected chi connectivity index (χ3v) is 2.34. The van der Waals surface area contributed by atoms with Crippen LogP contribution in [0.2, 0.25) is 0 Å². The Kier molecular flexibility index (Phi) is 3.05. The highest BCUT2D eigenvalue weighted by molar-refractivity contribution is 5.28. The lowest BCUT2D eigenvalue weighted by atomic mass is 10.2. The number of rotatable bonds is 3. The Labute approximate surface area is 93.7 Å². The predicted molar refractivity (Wildman–Crippen MR) is 62.6 cm³/mol. The van der Waals surface area contributed by atoms with E-state index in [4.69, 9.17) is 4.74 Å². The number of pyridine rings is 1. The third-order valence-electron chi connectivity index (χ3n) is 2.34. The Bertz CT molecular complexity index is 517. The smallest absolute Gasteiger partial charge is 0.290 e. The topological polar surface area (TPSA) is 42.1 Å². The molecule has 0 radical (unpaired) electrons. The van der Waals surface area contributed by atoms with Gasteiger partial charge >= 0.3 is 0 Å². The maximum absolute atomic E-state index is 11.5. The van der Waals surface area contributed by atoms with E-state index >= 15 is 0 Å². The number of H-pyrrole nitrogens is 1. The van der Waals surface area contributed by atoms with Gasteiger partial charge in [-0.15, -0.1) is 0 Å². The molecule has 1 N–H and O–H groups in total. The summed E-state index contributed by atoms with van der Waals surface area (Å²) in [6.45, 7) is 2.27. The maximum atomic E-state index is 11.5. The summed E-state index contributed by atoms with van der Waals surface area (Å²) in [5, 5.41) is 0. The van der Waals surface area contributed by atoms with E-state index < -0.39 is 0 Å². The third kappa shape index (κ3) is 2.31. The molecule has 1 aromatic carbocycles. The minimum absolute atomic E-state index is 0.184. The number of aromatic nitrogens is 1. The summed E-state index contributed by atoms with van der Waals surface area (Å²) in [5.74, 6) is 0.395. The molecule has 3 nitrogen and oxygen atoms in total. The largest absolute Gasteiger partial charge is 0.483 e. The van der Waals surface area contributed by atoms with E-state index in [0.29, 0.717) is 12.4 Å². The molecule has 0 atom stereocenters. The van der Waals surface area contributed by atoms with E-state index in [-0.39, 0.29) is 5.56 Å². The quantitative estimate of drug-likeness (QED) is 0.853. The van der Waals surface area contributed by atoms with Crippen LogP contribution < -0.4 is 10.3 Å². The molecule has 0 unspecified atom stereocenters. The zero-order valence-corrected chi connectivity index (χ0v) is 9.07.